The highest BCUT2D eigenvalue weighted by molar-refractivity contribution is 5.89. The molecule has 0 aliphatic rings. The van der Waals surface area contributed by atoms with Gasteiger partial charge in [-0.25, -0.2) is 4.79 Å². The number of hydrogen-bond donors (Lipinski definition) is 1. The Balaban J connectivity index is 0.00000625. The minimum absolute atomic E-state index is 0. The summed E-state index contributed by atoms with van der Waals surface area (Å²) in [7, 11) is 0. The zero-order chi connectivity index (χ0) is 18.7. The van der Waals surface area contributed by atoms with E-state index in [9.17, 15) is 14.7 Å². The number of carboxylic acids is 1. The van der Waals surface area contributed by atoms with Gasteiger partial charge >= 0.3 is 11.9 Å². The number of pyridine rings is 1. The molecule has 1 aromatic heterocycles. The predicted molar refractivity (Wildman–Crippen MR) is 105 cm³/mol. The highest BCUT2D eigenvalue weighted by atomic mass is 35.5. The van der Waals surface area contributed by atoms with Crippen molar-refractivity contribution in [2.75, 3.05) is 0 Å². The molecule has 0 saturated carbocycles. The molecule has 0 aliphatic carbocycles. The molecule has 0 fully saturated rings. The molecule has 2 atom stereocenters. The number of aromatic nitrogens is 1. The van der Waals surface area contributed by atoms with Crippen LogP contribution in [0.2, 0.25) is 0 Å². The molecule has 5 nitrogen and oxygen atoms in total. The van der Waals surface area contributed by atoms with Crippen molar-refractivity contribution in [3.63, 3.8) is 0 Å². The van der Waals surface area contributed by atoms with Crippen molar-refractivity contribution in [3.8, 4) is 0 Å². The standard InChI is InChI=1S/C20H31NO4.ClH/c1-4-5-6-7-8-9-10-11-19(22)25-16(3)15(2)17-12-13-21-14-18(17)20(23)24;/h12-16H,4-11H2,1-3H3,(H,23,24);1H. The van der Waals surface area contributed by atoms with Crippen LogP contribution in [0.25, 0.3) is 0 Å². The van der Waals surface area contributed by atoms with Gasteiger partial charge in [0, 0.05) is 24.7 Å². The van der Waals surface area contributed by atoms with Gasteiger partial charge in [0.2, 0.25) is 0 Å². The van der Waals surface area contributed by atoms with E-state index in [1.54, 1.807) is 19.2 Å². The lowest BCUT2D eigenvalue weighted by molar-refractivity contribution is -0.149. The average molecular weight is 386 g/mol. The van der Waals surface area contributed by atoms with Gasteiger partial charge in [-0.1, -0.05) is 52.4 Å². The fourth-order valence-electron chi connectivity index (χ4n) is 2.83. The van der Waals surface area contributed by atoms with Crippen molar-refractivity contribution in [1.29, 1.82) is 0 Å². The molecule has 0 saturated heterocycles. The van der Waals surface area contributed by atoms with Crippen LogP contribution < -0.4 is 0 Å². The van der Waals surface area contributed by atoms with E-state index in [0.29, 0.717) is 12.0 Å². The molecule has 6 heteroatoms. The number of rotatable bonds is 12. The third-order valence-electron chi connectivity index (χ3n) is 4.58. The lowest BCUT2D eigenvalue weighted by Crippen LogP contribution is -2.22. The average Bonchev–Trinajstić information content (AvgIpc) is 2.60. The first-order valence-corrected chi connectivity index (χ1v) is 9.34. The van der Waals surface area contributed by atoms with Crippen LogP contribution >= 0.6 is 12.4 Å². The zero-order valence-electron chi connectivity index (χ0n) is 16.1. The second-order valence-corrected chi connectivity index (χ2v) is 6.62. The Hall–Kier alpha value is -1.62. The van der Waals surface area contributed by atoms with Gasteiger partial charge in [0.15, 0.2) is 0 Å². The Labute approximate surface area is 163 Å². The lowest BCUT2D eigenvalue weighted by atomic mass is 9.93. The molecule has 0 aliphatic heterocycles. The molecule has 1 heterocycles. The molecule has 0 aromatic carbocycles. The fourth-order valence-corrected chi connectivity index (χ4v) is 2.83. The molecular weight excluding hydrogens is 354 g/mol. The second kappa shape index (κ2) is 13.6. The first-order valence-electron chi connectivity index (χ1n) is 9.34. The quantitative estimate of drug-likeness (QED) is 0.386. The number of unbranched alkanes of at least 4 members (excludes halogenated alkanes) is 6. The van der Waals surface area contributed by atoms with Crippen LogP contribution in [-0.2, 0) is 9.53 Å². The highest BCUT2D eigenvalue weighted by Crippen LogP contribution is 2.25. The van der Waals surface area contributed by atoms with Gasteiger partial charge in [-0.2, -0.15) is 0 Å². The number of nitrogens with zero attached hydrogens (tertiary/aromatic N) is 1. The molecule has 1 rings (SSSR count). The maximum absolute atomic E-state index is 12.0. The van der Waals surface area contributed by atoms with Gasteiger partial charge in [0.1, 0.15) is 6.10 Å². The predicted octanol–water partition coefficient (Wildman–Crippen LogP) is 5.38. The summed E-state index contributed by atoms with van der Waals surface area (Å²) >= 11 is 0. The van der Waals surface area contributed by atoms with Crippen LogP contribution in [0.15, 0.2) is 18.5 Å². The zero-order valence-corrected chi connectivity index (χ0v) is 16.9. The third kappa shape index (κ3) is 8.65. The summed E-state index contributed by atoms with van der Waals surface area (Å²) in [5.74, 6) is -1.43. The van der Waals surface area contributed by atoms with E-state index >= 15 is 0 Å². The van der Waals surface area contributed by atoms with E-state index < -0.39 is 5.97 Å². The number of aromatic carboxylic acids is 1. The Kier molecular flexibility index (Phi) is 12.7. The minimum Gasteiger partial charge on any atom is -0.478 e. The van der Waals surface area contributed by atoms with Crippen molar-refractivity contribution in [2.24, 2.45) is 0 Å². The van der Waals surface area contributed by atoms with E-state index in [4.69, 9.17) is 4.74 Å². The summed E-state index contributed by atoms with van der Waals surface area (Å²) < 4.78 is 5.49. The molecule has 0 radical (unpaired) electrons. The summed E-state index contributed by atoms with van der Waals surface area (Å²) in [4.78, 5) is 27.1. The SMILES string of the molecule is CCCCCCCCCC(=O)OC(C)C(C)c1ccncc1C(=O)O.Cl. The maximum atomic E-state index is 12.0. The Morgan fingerprint density at radius 3 is 2.35 bits per heavy atom. The van der Waals surface area contributed by atoms with Crippen LogP contribution in [0, 0.1) is 0 Å². The highest BCUT2D eigenvalue weighted by Gasteiger charge is 2.23. The summed E-state index contributed by atoms with van der Waals surface area (Å²) in [5, 5.41) is 9.25. The van der Waals surface area contributed by atoms with Gasteiger partial charge in [0.25, 0.3) is 0 Å². The summed E-state index contributed by atoms with van der Waals surface area (Å²) in [6.07, 6.45) is 11.0. The van der Waals surface area contributed by atoms with Crippen molar-refractivity contribution < 1.29 is 19.4 Å². The molecule has 148 valence electrons. The Bertz CT molecular complexity index is 550. The van der Waals surface area contributed by atoms with Gasteiger partial charge in [-0.05, 0) is 25.0 Å². The largest absolute Gasteiger partial charge is 0.478 e. The molecule has 1 aromatic rings. The molecular formula is C20H32ClNO4. The second-order valence-electron chi connectivity index (χ2n) is 6.62. The number of halogens is 1. The summed E-state index contributed by atoms with van der Waals surface area (Å²) in [6.45, 7) is 5.87. The lowest BCUT2D eigenvalue weighted by Gasteiger charge is -2.22. The van der Waals surface area contributed by atoms with Crippen LogP contribution in [0.4, 0.5) is 0 Å². The van der Waals surface area contributed by atoms with E-state index in [0.717, 1.165) is 19.3 Å². The first-order chi connectivity index (χ1) is 12.0. The van der Waals surface area contributed by atoms with E-state index in [1.165, 1.54) is 31.9 Å². The molecule has 1 N–H and O–H groups in total. The number of hydrogen-bond acceptors (Lipinski definition) is 4. The summed E-state index contributed by atoms with van der Waals surface area (Å²) in [6, 6.07) is 1.68. The Morgan fingerprint density at radius 1 is 1.12 bits per heavy atom. The monoisotopic (exact) mass is 385 g/mol. The van der Waals surface area contributed by atoms with Gasteiger partial charge in [0.05, 0.1) is 5.56 Å². The van der Waals surface area contributed by atoms with Crippen LogP contribution in [-0.4, -0.2) is 28.1 Å². The number of carboxylic acid groups (broad SMARTS) is 1. The van der Waals surface area contributed by atoms with Crippen molar-refractivity contribution in [1.82, 2.24) is 4.98 Å². The van der Waals surface area contributed by atoms with Gasteiger partial charge in [-0.3, -0.25) is 9.78 Å². The number of ether oxygens (including phenoxy) is 1. The van der Waals surface area contributed by atoms with Crippen LogP contribution in [0.3, 0.4) is 0 Å². The fraction of sp³-hybridized carbons (Fsp3) is 0.650. The molecule has 0 amide bonds. The Morgan fingerprint density at radius 2 is 1.73 bits per heavy atom. The number of carbonyl (C=O) groups is 2. The molecule has 0 spiro atoms. The third-order valence-corrected chi connectivity index (χ3v) is 4.58. The topological polar surface area (TPSA) is 76.5 Å². The van der Waals surface area contributed by atoms with Crippen LogP contribution in [0.5, 0.6) is 0 Å². The van der Waals surface area contributed by atoms with E-state index in [2.05, 4.69) is 11.9 Å². The first kappa shape index (κ1) is 24.4. The number of carbonyl (C=O) groups excluding carboxylic acids is 1. The summed E-state index contributed by atoms with van der Waals surface area (Å²) in [5.41, 5.74) is 0.795. The van der Waals surface area contributed by atoms with Gasteiger partial charge in [-0.15, -0.1) is 12.4 Å². The van der Waals surface area contributed by atoms with E-state index in [1.807, 2.05) is 6.92 Å². The van der Waals surface area contributed by atoms with Gasteiger partial charge < -0.3 is 9.84 Å². The van der Waals surface area contributed by atoms with Crippen LogP contribution in [0.1, 0.15) is 94.0 Å². The van der Waals surface area contributed by atoms with Crippen molar-refractivity contribution in [2.45, 2.75) is 84.2 Å². The van der Waals surface area contributed by atoms with E-state index in [-0.39, 0.29) is 36.0 Å². The molecule has 0 bridgehead atoms. The van der Waals surface area contributed by atoms with Crippen molar-refractivity contribution in [3.05, 3.63) is 29.6 Å². The van der Waals surface area contributed by atoms with Crippen molar-refractivity contribution >= 4 is 24.3 Å². The number of esters is 1. The molecule has 2 unspecified atom stereocenters. The minimum atomic E-state index is -1.02. The molecule has 26 heavy (non-hydrogen) atoms. The normalized spacial score (nSPS) is 12.7. The maximum Gasteiger partial charge on any atom is 0.337 e. The smallest absolute Gasteiger partial charge is 0.337 e.